The summed E-state index contributed by atoms with van der Waals surface area (Å²) >= 11 is 0. The van der Waals surface area contributed by atoms with E-state index >= 15 is 0 Å². The summed E-state index contributed by atoms with van der Waals surface area (Å²) in [6, 6.07) is 3.53. The number of halogens is 1. The average molecular weight is 223 g/mol. The Bertz CT molecular complexity index is 337. The van der Waals surface area contributed by atoms with E-state index in [1.165, 1.54) is 25.3 Å². The molecule has 2 rings (SSSR count). The molecular weight excluding hydrogens is 205 g/mol. The largest absolute Gasteiger partial charge is 0.356 e. The molecule has 2 heterocycles. The summed E-state index contributed by atoms with van der Waals surface area (Å²) in [5.74, 6) is 0.190. The molecule has 1 aliphatic heterocycles. The van der Waals surface area contributed by atoms with Gasteiger partial charge in [0.05, 0.1) is 0 Å². The summed E-state index contributed by atoms with van der Waals surface area (Å²) in [5.41, 5.74) is 0. The van der Waals surface area contributed by atoms with E-state index in [1.54, 1.807) is 12.3 Å². The molecule has 0 amide bonds. The highest BCUT2D eigenvalue weighted by Gasteiger charge is 2.16. The quantitative estimate of drug-likeness (QED) is 0.847. The van der Waals surface area contributed by atoms with Gasteiger partial charge in [0.1, 0.15) is 0 Å². The number of aromatic nitrogens is 1. The van der Waals surface area contributed by atoms with E-state index in [1.807, 2.05) is 11.9 Å². The molecule has 0 aromatic carbocycles. The monoisotopic (exact) mass is 223 g/mol. The molecule has 1 unspecified atom stereocenters. The van der Waals surface area contributed by atoms with Crippen molar-refractivity contribution in [3.05, 3.63) is 24.1 Å². The maximum Gasteiger partial charge on any atom is 0.165 e. The molecule has 1 aromatic heterocycles. The van der Waals surface area contributed by atoms with Gasteiger partial charge in [0, 0.05) is 25.8 Å². The molecule has 0 aliphatic carbocycles. The fraction of sp³-hybridized carbons (Fsp3) is 0.583. The molecule has 1 atom stereocenters. The first-order valence-electron chi connectivity index (χ1n) is 5.82. The molecule has 0 spiro atoms. The lowest BCUT2D eigenvalue weighted by atomic mass is 10.0. The van der Waals surface area contributed by atoms with Crippen LogP contribution in [0.3, 0.4) is 0 Å². The molecular formula is C12H18FN3. The van der Waals surface area contributed by atoms with Gasteiger partial charge in [0.25, 0.3) is 0 Å². The fourth-order valence-corrected chi connectivity index (χ4v) is 2.16. The zero-order valence-corrected chi connectivity index (χ0v) is 9.62. The second kappa shape index (κ2) is 5.25. The lowest BCUT2D eigenvalue weighted by Crippen LogP contribution is -2.42. The number of hydrogen-bond acceptors (Lipinski definition) is 3. The van der Waals surface area contributed by atoms with Gasteiger partial charge in [0.15, 0.2) is 11.6 Å². The van der Waals surface area contributed by atoms with Gasteiger partial charge in [-0.2, -0.15) is 0 Å². The number of pyridine rings is 1. The van der Waals surface area contributed by atoms with Crippen LogP contribution in [0.1, 0.15) is 19.3 Å². The highest BCUT2D eigenvalue weighted by Crippen LogP contribution is 2.15. The molecule has 3 nitrogen and oxygen atoms in total. The van der Waals surface area contributed by atoms with Crippen molar-refractivity contribution in [2.24, 2.45) is 0 Å². The lowest BCUT2D eigenvalue weighted by molar-refractivity contribution is 0.402. The van der Waals surface area contributed by atoms with Crippen LogP contribution < -0.4 is 10.2 Å². The van der Waals surface area contributed by atoms with Crippen molar-refractivity contribution >= 4 is 5.82 Å². The maximum atomic E-state index is 13.5. The maximum absolute atomic E-state index is 13.5. The fourth-order valence-electron chi connectivity index (χ4n) is 2.16. The third kappa shape index (κ3) is 2.70. The number of piperidine rings is 1. The zero-order chi connectivity index (χ0) is 11.4. The van der Waals surface area contributed by atoms with E-state index in [-0.39, 0.29) is 5.82 Å². The summed E-state index contributed by atoms with van der Waals surface area (Å²) in [5, 5.41) is 3.45. The number of nitrogens with one attached hydrogen (secondary N) is 1. The first-order valence-corrected chi connectivity index (χ1v) is 5.82. The molecule has 0 radical (unpaired) electrons. The summed E-state index contributed by atoms with van der Waals surface area (Å²) in [6.07, 6.45) is 5.30. The van der Waals surface area contributed by atoms with Gasteiger partial charge in [0.2, 0.25) is 0 Å². The van der Waals surface area contributed by atoms with Crippen molar-refractivity contribution in [2.45, 2.75) is 25.3 Å². The van der Waals surface area contributed by atoms with Crippen molar-refractivity contribution < 1.29 is 4.39 Å². The highest BCUT2D eigenvalue weighted by molar-refractivity contribution is 5.38. The topological polar surface area (TPSA) is 28.2 Å². The SMILES string of the molecule is CN(CC1CCCCN1)c1ncccc1F. The van der Waals surface area contributed by atoms with E-state index in [4.69, 9.17) is 0 Å². The van der Waals surface area contributed by atoms with E-state index in [0.29, 0.717) is 11.9 Å². The van der Waals surface area contributed by atoms with Gasteiger partial charge in [-0.15, -0.1) is 0 Å². The van der Waals surface area contributed by atoms with Gasteiger partial charge in [-0.3, -0.25) is 0 Å². The van der Waals surface area contributed by atoms with Crippen LogP contribution in [0.25, 0.3) is 0 Å². The molecule has 0 bridgehead atoms. The number of hydrogen-bond donors (Lipinski definition) is 1. The summed E-state index contributed by atoms with van der Waals surface area (Å²) < 4.78 is 13.5. The van der Waals surface area contributed by atoms with Gasteiger partial charge in [-0.25, -0.2) is 9.37 Å². The Hall–Kier alpha value is -1.16. The van der Waals surface area contributed by atoms with E-state index in [0.717, 1.165) is 13.1 Å². The van der Waals surface area contributed by atoms with Gasteiger partial charge >= 0.3 is 0 Å². The highest BCUT2D eigenvalue weighted by atomic mass is 19.1. The molecule has 88 valence electrons. The van der Waals surface area contributed by atoms with Crippen LogP contribution in [0.2, 0.25) is 0 Å². The number of nitrogens with zero attached hydrogens (tertiary/aromatic N) is 2. The van der Waals surface area contributed by atoms with Crippen LogP contribution in [-0.4, -0.2) is 31.2 Å². The summed E-state index contributed by atoms with van der Waals surface area (Å²) in [7, 11) is 1.89. The Balaban J connectivity index is 1.96. The molecule has 1 saturated heterocycles. The third-order valence-corrected chi connectivity index (χ3v) is 3.01. The second-order valence-electron chi connectivity index (χ2n) is 4.34. The van der Waals surface area contributed by atoms with Crippen LogP contribution in [0.4, 0.5) is 10.2 Å². The molecule has 1 fully saturated rings. The summed E-state index contributed by atoms with van der Waals surface area (Å²) in [4.78, 5) is 5.95. The van der Waals surface area contributed by atoms with Crippen molar-refractivity contribution in [3.8, 4) is 0 Å². The Kier molecular flexibility index (Phi) is 3.72. The van der Waals surface area contributed by atoms with Gasteiger partial charge in [-0.05, 0) is 31.5 Å². The summed E-state index contributed by atoms with van der Waals surface area (Å²) in [6.45, 7) is 1.89. The molecule has 1 aromatic rings. The molecule has 16 heavy (non-hydrogen) atoms. The molecule has 4 heteroatoms. The van der Waals surface area contributed by atoms with Crippen LogP contribution in [0.5, 0.6) is 0 Å². The molecule has 0 saturated carbocycles. The van der Waals surface area contributed by atoms with Crippen LogP contribution in [0.15, 0.2) is 18.3 Å². The minimum absolute atomic E-state index is 0.249. The Labute approximate surface area is 95.7 Å². The first-order chi connectivity index (χ1) is 7.77. The van der Waals surface area contributed by atoms with E-state index < -0.39 is 0 Å². The lowest BCUT2D eigenvalue weighted by Gasteiger charge is -2.28. The first kappa shape index (κ1) is 11.3. The molecule has 1 N–H and O–H groups in total. The van der Waals surface area contributed by atoms with Crippen molar-refractivity contribution in [3.63, 3.8) is 0 Å². The minimum atomic E-state index is -0.249. The van der Waals surface area contributed by atoms with Gasteiger partial charge in [-0.1, -0.05) is 6.42 Å². The standard InChI is InChI=1S/C12H18FN3/c1-16(9-10-5-2-3-7-14-10)12-11(13)6-4-8-15-12/h4,6,8,10,14H,2-3,5,7,9H2,1H3. The predicted molar refractivity (Wildman–Crippen MR) is 63.1 cm³/mol. The van der Waals surface area contributed by atoms with E-state index in [2.05, 4.69) is 10.3 Å². The molecule has 1 aliphatic rings. The van der Waals surface area contributed by atoms with Gasteiger partial charge < -0.3 is 10.2 Å². The normalized spacial score (nSPS) is 20.8. The van der Waals surface area contributed by atoms with Crippen LogP contribution in [0, 0.1) is 5.82 Å². The zero-order valence-electron chi connectivity index (χ0n) is 9.62. The van der Waals surface area contributed by atoms with E-state index in [9.17, 15) is 4.39 Å². The van der Waals surface area contributed by atoms with Crippen molar-refractivity contribution in [2.75, 3.05) is 25.0 Å². The number of likely N-dealkylation sites (N-methyl/N-ethyl adjacent to an activating group) is 1. The average Bonchev–Trinajstić information content (AvgIpc) is 2.31. The van der Waals surface area contributed by atoms with Crippen LogP contribution in [-0.2, 0) is 0 Å². The van der Waals surface area contributed by atoms with Crippen molar-refractivity contribution in [1.82, 2.24) is 10.3 Å². The van der Waals surface area contributed by atoms with Crippen molar-refractivity contribution in [1.29, 1.82) is 0 Å². The Morgan fingerprint density at radius 3 is 3.12 bits per heavy atom. The Morgan fingerprint density at radius 2 is 2.44 bits per heavy atom. The number of rotatable bonds is 3. The number of anilines is 1. The second-order valence-corrected chi connectivity index (χ2v) is 4.34. The minimum Gasteiger partial charge on any atom is -0.356 e. The smallest absolute Gasteiger partial charge is 0.165 e. The predicted octanol–water partition coefficient (Wildman–Crippen LogP) is 1.80. The Morgan fingerprint density at radius 1 is 1.56 bits per heavy atom. The van der Waals surface area contributed by atoms with Crippen LogP contribution >= 0.6 is 0 Å². The third-order valence-electron chi connectivity index (χ3n) is 3.01.